The number of aromatic amines is 1. The molecule has 2 heterocycles. The highest BCUT2D eigenvalue weighted by Gasteiger charge is 2.25. The van der Waals surface area contributed by atoms with Gasteiger partial charge in [0.05, 0.1) is 24.1 Å². The molecule has 34 heavy (non-hydrogen) atoms. The van der Waals surface area contributed by atoms with Gasteiger partial charge in [-0.25, -0.2) is 5.10 Å². The minimum absolute atomic E-state index is 0.184. The number of benzene rings is 2. The fourth-order valence-electron chi connectivity index (χ4n) is 4.89. The number of carbonyl (C=O) groups excluding carboxylic acids is 1. The maximum absolute atomic E-state index is 12.7. The van der Waals surface area contributed by atoms with E-state index in [4.69, 9.17) is 21.3 Å². The van der Waals surface area contributed by atoms with E-state index in [0.717, 1.165) is 42.4 Å². The van der Waals surface area contributed by atoms with Gasteiger partial charge < -0.3 is 16.2 Å². The predicted molar refractivity (Wildman–Crippen MR) is 130 cm³/mol. The number of anilines is 1. The van der Waals surface area contributed by atoms with Gasteiger partial charge in [0.15, 0.2) is 5.82 Å². The summed E-state index contributed by atoms with van der Waals surface area (Å²) in [4.78, 5) is 24.4. The number of nitrogens with zero attached hydrogens (tertiary/aromatic N) is 3. The van der Waals surface area contributed by atoms with Crippen molar-refractivity contribution in [3.05, 3.63) is 69.5 Å². The minimum atomic E-state index is -0.528. The molecule has 5 rings (SSSR count). The summed E-state index contributed by atoms with van der Waals surface area (Å²) >= 11 is 0. The number of nitrogens with two attached hydrogens (primary N) is 2. The molecule has 0 bridgehead atoms. The van der Waals surface area contributed by atoms with E-state index in [1.54, 1.807) is 12.1 Å². The Balaban J connectivity index is 1.53. The predicted octanol–water partition coefficient (Wildman–Crippen LogP) is 3.18. The number of fused-ring (bicyclic) bond motifs is 1. The van der Waals surface area contributed by atoms with Crippen LogP contribution < -0.4 is 21.8 Å². The van der Waals surface area contributed by atoms with Gasteiger partial charge in [-0.05, 0) is 30.0 Å². The molecule has 0 spiro atoms. The molecule has 9 heteroatoms. The summed E-state index contributed by atoms with van der Waals surface area (Å²) in [7, 11) is 1.53. The summed E-state index contributed by atoms with van der Waals surface area (Å²) in [6.45, 7) is 0. The van der Waals surface area contributed by atoms with E-state index in [1.165, 1.54) is 7.11 Å². The molecule has 0 aliphatic heterocycles. The molecule has 2 aromatic heterocycles. The van der Waals surface area contributed by atoms with Crippen molar-refractivity contribution in [3.8, 4) is 17.0 Å². The topological polar surface area (TPSA) is 142 Å². The molecule has 4 aromatic rings. The number of ether oxygens (including phenoxy) is 1. The van der Waals surface area contributed by atoms with Crippen molar-refractivity contribution < 1.29 is 9.53 Å². The number of methoxy groups -OCH3 is 1. The monoisotopic (exact) mass is 458 g/mol. The second kappa shape index (κ2) is 8.66. The van der Waals surface area contributed by atoms with Crippen molar-refractivity contribution in [2.24, 2.45) is 5.73 Å². The van der Waals surface area contributed by atoms with Gasteiger partial charge in [0.1, 0.15) is 17.0 Å². The number of rotatable bonds is 6. The van der Waals surface area contributed by atoms with Crippen molar-refractivity contribution >= 4 is 22.6 Å². The first-order chi connectivity index (χ1) is 16.5. The number of nitrogens with one attached hydrogen (secondary N) is 1. The Kier molecular flexibility index (Phi) is 5.53. The average Bonchev–Trinajstić information content (AvgIpc) is 3.50. The fourth-order valence-corrected chi connectivity index (χ4v) is 4.89. The van der Waals surface area contributed by atoms with Crippen LogP contribution in [-0.4, -0.2) is 33.0 Å². The van der Waals surface area contributed by atoms with Crippen molar-refractivity contribution in [1.29, 1.82) is 0 Å². The number of aromatic nitrogens is 4. The number of primary amides is 1. The van der Waals surface area contributed by atoms with Crippen LogP contribution in [-0.2, 0) is 6.42 Å². The van der Waals surface area contributed by atoms with E-state index in [-0.39, 0.29) is 17.4 Å². The van der Waals surface area contributed by atoms with Crippen LogP contribution in [0.4, 0.5) is 5.82 Å². The summed E-state index contributed by atoms with van der Waals surface area (Å²) in [6, 6.07) is 13.4. The van der Waals surface area contributed by atoms with Gasteiger partial charge >= 0.3 is 0 Å². The normalized spacial score (nSPS) is 14.0. The zero-order chi connectivity index (χ0) is 23.8. The summed E-state index contributed by atoms with van der Waals surface area (Å²) in [5, 5.41) is 11.9. The van der Waals surface area contributed by atoms with Crippen LogP contribution in [0, 0.1) is 0 Å². The third-order valence-corrected chi connectivity index (χ3v) is 6.52. The first kappa shape index (κ1) is 21.7. The van der Waals surface area contributed by atoms with Crippen LogP contribution in [0.2, 0.25) is 0 Å². The van der Waals surface area contributed by atoms with Crippen molar-refractivity contribution in [3.63, 3.8) is 0 Å². The quantitative estimate of drug-likeness (QED) is 0.405. The number of amides is 1. The largest absolute Gasteiger partial charge is 0.496 e. The summed E-state index contributed by atoms with van der Waals surface area (Å²) in [5.41, 5.74) is 15.6. The lowest BCUT2D eigenvalue weighted by atomic mass is 9.99. The number of H-pyrrole nitrogens is 1. The van der Waals surface area contributed by atoms with E-state index in [2.05, 4.69) is 10.2 Å². The van der Waals surface area contributed by atoms with E-state index >= 15 is 0 Å². The molecule has 0 saturated heterocycles. The first-order valence-electron chi connectivity index (χ1n) is 11.3. The van der Waals surface area contributed by atoms with E-state index in [0.29, 0.717) is 34.3 Å². The van der Waals surface area contributed by atoms with Crippen LogP contribution >= 0.6 is 0 Å². The third kappa shape index (κ3) is 3.68. The van der Waals surface area contributed by atoms with E-state index < -0.39 is 5.91 Å². The molecule has 1 saturated carbocycles. The maximum atomic E-state index is 12.7. The Labute approximate surface area is 195 Å². The fraction of sp³-hybridized carbons (Fsp3) is 0.280. The smallest absolute Gasteiger partial charge is 0.290 e. The van der Waals surface area contributed by atoms with Crippen LogP contribution in [0.1, 0.15) is 53.2 Å². The lowest BCUT2D eigenvalue weighted by molar-refractivity contribution is 0.0997. The average molecular weight is 459 g/mol. The molecule has 1 amide bonds. The van der Waals surface area contributed by atoms with Crippen LogP contribution in [0.3, 0.4) is 0 Å². The van der Waals surface area contributed by atoms with Gasteiger partial charge in [-0.3, -0.25) is 14.3 Å². The molecular formula is C25H26N6O3. The Bertz CT molecular complexity index is 1430. The highest BCUT2D eigenvalue weighted by atomic mass is 16.5. The molecule has 2 aromatic carbocycles. The first-order valence-corrected chi connectivity index (χ1v) is 11.3. The molecule has 0 radical (unpaired) electrons. The van der Waals surface area contributed by atoms with Gasteiger partial charge in [0.25, 0.3) is 11.5 Å². The second-order valence-electron chi connectivity index (χ2n) is 8.63. The lowest BCUT2D eigenvalue weighted by Crippen LogP contribution is -2.16. The minimum Gasteiger partial charge on any atom is -0.496 e. The Hall–Kier alpha value is -4.14. The van der Waals surface area contributed by atoms with Gasteiger partial charge in [-0.2, -0.15) is 10.2 Å². The molecule has 0 unspecified atom stereocenters. The zero-order valence-corrected chi connectivity index (χ0v) is 18.9. The summed E-state index contributed by atoms with van der Waals surface area (Å²) < 4.78 is 7.30. The molecule has 0 atom stereocenters. The van der Waals surface area contributed by atoms with Crippen molar-refractivity contribution in [1.82, 2.24) is 20.0 Å². The third-order valence-electron chi connectivity index (χ3n) is 6.52. The summed E-state index contributed by atoms with van der Waals surface area (Å²) in [6.07, 6.45) is 4.78. The van der Waals surface area contributed by atoms with E-state index in [1.807, 2.05) is 35.0 Å². The zero-order valence-electron chi connectivity index (χ0n) is 18.9. The molecule has 1 fully saturated rings. The van der Waals surface area contributed by atoms with Gasteiger partial charge in [-0.1, -0.05) is 49.2 Å². The molecular weight excluding hydrogens is 432 g/mol. The highest BCUT2D eigenvalue weighted by Crippen LogP contribution is 2.36. The van der Waals surface area contributed by atoms with Crippen LogP contribution in [0.15, 0.2) is 47.3 Å². The van der Waals surface area contributed by atoms with Gasteiger partial charge in [0.2, 0.25) is 0 Å². The molecule has 5 N–H and O–H groups in total. The number of hydrogen-bond acceptors (Lipinski definition) is 6. The number of carbonyl (C=O) groups is 1. The maximum Gasteiger partial charge on any atom is 0.290 e. The highest BCUT2D eigenvalue weighted by molar-refractivity contribution is 5.99. The molecule has 9 nitrogen and oxygen atoms in total. The Morgan fingerprint density at radius 3 is 2.59 bits per heavy atom. The van der Waals surface area contributed by atoms with Gasteiger partial charge in [-0.15, -0.1) is 0 Å². The number of hydrogen-bond donors (Lipinski definition) is 3. The summed E-state index contributed by atoms with van der Waals surface area (Å²) in [5.74, 6) is 0.212. The van der Waals surface area contributed by atoms with Crippen LogP contribution in [0.25, 0.3) is 22.2 Å². The van der Waals surface area contributed by atoms with Crippen molar-refractivity contribution in [2.75, 3.05) is 12.8 Å². The van der Waals surface area contributed by atoms with Gasteiger partial charge in [0, 0.05) is 12.0 Å². The Morgan fingerprint density at radius 2 is 1.91 bits per heavy atom. The molecule has 1 aliphatic carbocycles. The standard InChI is InChI=1S/C25H26N6O3/c1-34-22-16(5-4-8-18(22)24(27)32)13-14-9-11-15(12-10-14)20-19-21(25(33)29-28-23(19)26)31(30-20)17-6-2-3-7-17/h4-5,8-12,17H,2-3,6-7,13H2,1H3,(H2,26,28)(H2,27,32)(H,29,33). The number of nitrogen functional groups attached to an aromatic ring is 1. The molecule has 174 valence electrons. The van der Waals surface area contributed by atoms with Crippen LogP contribution in [0.5, 0.6) is 5.75 Å². The lowest BCUT2D eigenvalue weighted by Gasteiger charge is -2.12. The second-order valence-corrected chi connectivity index (χ2v) is 8.63. The van der Waals surface area contributed by atoms with Crippen molar-refractivity contribution in [2.45, 2.75) is 38.1 Å². The van der Waals surface area contributed by atoms with E-state index in [9.17, 15) is 9.59 Å². The Morgan fingerprint density at radius 1 is 1.18 bits per heavy atom. The SMILES string of the molecule is COc1c(Cc2ccc(-c3nn(C4CCCC4)c4c(=O)[nH]nc(N)c34)cc2)cccc1C(N)=O. The molecule has 1 aliphatic rings. The number of para-hydroxylation sites is 1.